The molecule has 1 aromatic heterocycles. The van der Waals surface area contributed by atoms with Gasteiger partial charge in [0.1, 0.15) is 11.3 Å². The average Bonchev–Trinajstić information content (AvgIpc) is 2.73. The molecule has 0 radical (unpaired) electrons. The van der Waals surface area contributed by atoms with Crippen LogP contribution in [0.3, 0.4) is 0 Å². The van der Waals surface area contributed by atoms with Crippen LogP contribution in [0.25, 0.3) is 11.1 Å². The fourth-order valence-corrected chi connectivity index (χ4v) is 2.79. The van der Waals surface area contributed by atoms with Crippen LogP contribution < -0.4 is 15.4 Å². The first-order valence-corrected chi connectivity index (χ1v) is 8.66. The van der Waals surface area contributed by atoms with Crippen LogP contribution in [0.15, 0.2) is 67.0 Å². The number of urea groups is 1. The maximum absolute atomic E-state index is 13.6. The minimum absolute atomic E-state index is 0.00514. The van der Waals surface area contributed by atoms with Gasteiger partial charge in [-0.2, -0.15) is 13.2 Å². The van der Waals surface area contributed by atoms with Gasteiger partial charge in [0, 0.05) is 18.1 Å². The summed E-state index contributed by atoms with van der Waals surface area (Å²) in [6, 6.07) is 11.9. The Hall–Kier alpha value is -3.88. The Bertz CT molecular complexity index is 1070. The van der Waals surface area contributed by atoms with Gasteiger partial charge in [0.05, 0.1) is 12.7 Å². The number of carbonyl (C=O) groups excluding carboxylic acids is 2. The number of aromatic nitrogens is 1. The molecule has 0 unspecified atom stereocenters. The first-order chi connectivity index (χ1) is 14.3. The maximum Gasteiger partial charge on any atom is 0.417 e. The Balaban J connectivity index is 1.81. The van der Waals surface area contributed by atoms with E-state index in [2.05, 4.69) is 10.3 Å². The number of nitrogens with one attached hydrogen (secondary N) is 2. The van der Waals surface area contributed by atoms with Crippen molar-refractivity contribution in [1.29, 1.82) is 0 Å². The van der Waals surface area contributed by atoms with E-state index in [0.29, 0.717) is 5.56 Å². The van der Waals surface area contributed by atoms with Crippen LogP contribution in [0, 0.1) is 0 Å². The van der Waals surface area contributed by atoms with Crippen molar-refractivity contribution in [2.75, 3.05) is 12.4 Å². The van der Waals surface area contributed by atoms with Crippen molar-refractivity contribution in [3.8, 4) is 16.9 Å². The van der Waals surface area contributed by atoms with Gasteiger partial charge < -0.3 is 10.1 Å². The number of hydrogen-bond donors (Lipinski definition) is 2. The summed E-state index contributed by atoms with van der Waals surface area (Å²) in [6.45, 7) is 0. The van der Waals surface area contributed by atoms with Gasteiger partial charge in [-0.1, -0.05) is 36.4 Å². The molecule has 0 fully saturated rings. The topological polar surface area (TPSA) is 80.3 Å². The lowest BCUT2D eigenvalue weighted by atomic mass is 9.98. The first-order valence-electron chi connectivity index (χ1n) is 8.66. The SMILES string of the molecule is COc1ccncc1C(=O)NC(=O)Nc1ccc(-c2ccccc2)c(C(F)(F)F)c1. The molecule has 154 valence electrons. The highest BCUT2D eigenvalue weighted by Gasteiger charge is 2.34. The molecule has 0 atom stereocenters. The number of ether oxygens (including phenoxy) is 1. The molecule has 0 saturated carbocycles. The lowest BCUT2D eigenvalue weighted by Crippen LogP contribution is -2.34. The average molecular weight is 415 g/mol. The normalized spacial score (nSPS) is 10.9. The largest absolute Gasteiger partial charge is 0.496 e. The summed E-state index contributed by atoms with van der Waals surface area (Å²) in [6.07, 6.45) is -2.03. The zero-order valence-electron chi connectivity index (χ0n) is 15.7. The summed E-state index contributed by atoms with van der Waals surface area (Å²) >= 11 is 0. The van der Waals surface area contributed by atoms with Crippen LogP contribution in [0.1, 0.15) is 15.9 Å². The highest BCUT2D eigenvalue weighted by atomic mass is 19.4. The standard InChI is InChI=1S/C21H16F3N3O3/c1-30-18-9-10-25-12-16(18)19(28)27-20(29)26-14-7-8-15(13-5-3-2-4-6-13)17(11-14)21(22,23)24/h2-12H,1H3,(H2,26,27,28,29). The van der Waals surface area contributed by atoms with Crippen LogP contribution in [-0.2, 0) is 6.18 Å². The number of nitrogens with zero attached hydrogens (tertiary/aromatic N) is 1. The number of benzene rings is 2. The maximum atomic E-state index is 13.6. The summed E-state index contributed by atoms with van der Waals surface area (Å²) in [4.78, 5) is 28.1. The molecule has 0 aliphatic carbocycles. The molecule has 9 heteroatoms. The van der Waals surface area contributed by atoms with Gasteiger partial charge >= 0.3 is 12.2 Å². The molecular weight excluding hydrogens is 399 g/mol. The number of hydrogen-bond acceptors (Lipinski definition) is 4. The molecule has 30 heavy (non-hydrogen) atoms. The second kappa shape index (κ2) is 8.64. The van der Waals surface area contributed by atoms with E-state index in [1.54, 1.807) is 30.3 Å². The number of rotatable bonds is 4. The molecule has 2 N–H and O–H groups in total. The van der Waals surface area contributed by atoms with Crippen LogP contribution in [-0.4, -0.2) is 24.0 Å². The van der Waals surface area contributed by atoms with Gasteiger partial charge in [0.15, 0.2) is 0 Å². The second-order valence-electron chi connectivity index (χ2n) is 6.11. The molecule has 0 aliphatic heterocycles. The van der Waals surface area contributed by atoms with Gasteiger partial charge in [-0.3, -0.25) is 15.1 Å². The van der Waals surface area contributed by atoms with E-state index in [-0.39, 0.29) is 22.6 Å². The van der Waals surface area contributed by atoms with Crippen LogP contribution in [0.4, 0.5) is 23.7 Å². The third-order valence-electron chi connectivity index (χ3n) is 4.14. The van der Waals surface area contributed by atoms with Gasteiger partial charge in [-0.25, -0.2) is 4.79 Å². The number of anilines is 1. The van der Waals surface area contributed by atoms with E-state index < -0.39 is 23.7 Å². The Labute approximate surface area is 169 Å². The zero-order valence-corrected chi connectivity index (χ0v) is 15.7. The molecule has 3 rings (SSSR count). The van der Waals surface area contributed by atoms with E-state index in [1.165, 1.54) is 37.7 Å². The number of carbonyl (C=O) groups is 2. The van der Waals surface area contributed by atoms with E-state index >= 15 is 0 Å². The quantitative estimate of drug-likeness (QED) is 0.645. The number of halogens is 3. The van der Waals surface area contributed by atoms with Crippen molar-refractivity contribution in [2.24, 2.45) is 0 Å². The molecule has 0 aliphatic rings. The van der Waals surface area contributed by atoms with Crippen LogP contribution in [0.2, 0.25) is 0 Å². The number of pyridine rings is 1. The van der Waals surface area contributed by atoms with Crippen molar-refractivity contribution in [3.63, 3.8) is 0 Å². The second-order valence-corrected chi connectivity index (χ2v) is 6.11. The fraction of sp³-hybridized carbons (Fsp3) is 0.0952. The predicted molar refractivity (Wildman–Crippen MR) is 104 cm³/mol. The van der Waals surface area contributed by atoms with Crippen LogP contribution in [0.5, 0.6) is 5.75 Å². The smallest absolute Gasteiger partial charge is 0.417 e. The van der Waals surface area contributed by atoms with E-state index in [1.807, 2.05) is 5.32 Å². The summed E-state index contributed by atoms with van der Waals surface area (Å²) in [5.41, 5.74) is -0.660. The van der Waals surface area contributed by atoms with Crippen molar-refractivity contribution >= 4 is 17.6 Å². The minimum Gasteiger partial charge on any atom is -0.496 e. The zero-order chi connectivity index (χ0) is 21.7. The highest BCUT2D eigenvalue weighted by Crippen LogP contribution is 2.38. The van der Waals surface area contributed by atoms with Crippen molar-refractivity contribution in [1.82, 2.24) is 10.3 Å². The molecule has 0 bridgehead atoms. The molecule has 3 amide bonds. The van der Waals surface area contributed by atoms with Gasteiger partial charge in [-0.15, -0.1) is 0 Å². The van der Waals surface area contributed by atoms with Crippen molar-refractivity contribution in [2.45, 2.75) is 6.18 Å². The number of imide groups is 1. The number of methoxy groups -OCH3 is 1. The van der Waals surface area contributed by atoms with Crippen LogP contribution >= 0.6 is 0 Å². The molecule has 6 nitrogen and oxygen atoms in total. The lowest BCUT2D eigenvalue weighted by molar-refractivity contribution is -0.137. The Morgan fingerprint density at radius 2 is 1.77 bits per heavy atom. The summed E-state index contributed by atoms with van der Waals surface area (Å²) in [7, 11) is 1.35. The monoisotopic (exact) mass is 415 g/mol. The minimum atomic E-state index is -4.64. The summed E-state index contributed by atoms with van der Waals surface area (Å²) in [5, 5.41) is 4.27. The van der Waals surface area contributed by atoms with Gasteiger partial charge in [0.2, 0.25) is 0 Å². The van der Waals surface area contributed by atoms with Crippen molar-refractivity contribution in [3.05, 3.63) is 78.1 Å². The fourth-order valence-electron chi connectivity index (χ4n) is 2.79. The predicted octanol–water partition coefficient (Wildman–Crippen LogP) is 4.74. The first kappa shape index (κ1) is 20.8. The van der Waals surface area contributed by atoms with Gasteiger partial charge in [0.25, 0.3) is 5.91 Å². The molecule has 1 heterocycles. The number of alkyl halides is 3. The highest BCUT2D eigenvalue weighted by molar-refractivity contribution is 6.09. The molecule has 2 aromatic carbocycles. The third-order valence-corrected chi connectivity index (χ3v) is 4.14. The third kappa shape index (κ3) is 4.75. The Kier molecular flexibility index (Phi) is 6.01. The molecule has 0 saturated heterocycles. The van der Waals surface area contributed by atoms with E-state index in [0.717, 1.165) is 6.07 Å². The van der Waals surface area contributed by atoms with E-state index in [4.69, 9.17) is 4.74 Å². The van der Waals surface area contributed by atoms with Crippen molar-refractivity contribution < 1.29 is 27.5 Å². The summed E-state index contributed by atoms with van der Waals surface area (Å²) in [5.74, 6) is -0.615. The lowest BCUT2D eigenvalue weighted by Gasteiger charge is -2.15. The number of amides is 3. The Morgan fingerprint density at radius 3 is 2.43 bits per heavy atom. The van der Waals surface area contributed by atoms with E-state index in [9.17, 15) is 22.8 Å². The summed E-state index contributed by atoms with van der Waals surface area (Å²) < 4.78 is 45.7. The molecule has 0 spiro atoms. The van der Waals surface area contributed by atoms with Gasteiger partial charge in [-0.05, 0) is 29.3 Å². The molecule has 3 aromatic rings. The molecular formula is C21H16F3N3O3. The Morgan fingerprint density at radius 1 is 1.03 bits per heavy atom.